The molecule has 0 heterocycles. The quantitative estimate of drug-likeness (QED) is 0.855. The lowest BCUT2D eigenvalue weighted by molar-refractivity contribution is -0.122. The lowest BCUT2D eigenvalue weighted by Gasteiger charge is -2.22. The van der Waals surface area contributed by atoms with Gasteiger partial charge in [0, 0.05) is 5.69 Å². The highest BCUT2D eigenvalue weighted by Crippen LogP contribution is 2.38. The fraction of sp³-hybridized carbons (Fsp3) is 0.600. The van der Waals surface area contributed by atoms with Crippen molar-refractivity contribution in [3.05, 3.63) is 24.3 Å². The Morgan fingerprint density at radius 1 is 1.12 bits per heavy atom. The minimum Gasteiger partial charge on any atom is -0.493 e. The maximum absolute atomic E-state index is 12.4. The second-order valence-corrected chi connectivity index (χ2v) is 7.19. The zero-order chi connectivity index (χ0) is 16.8. The Morgan fingerprint density at radius 2 is 1.79 bits per heavy atom. The van der Waals surface area contributed by atoms with Gasteiger partial charge in [0.15, 0.2) is 0 Å². The van der Waals surface area contributed by atoms with E-state index >= 15 is 0 Å². The summed E-state index contributed by atoms with van der Waals surface area (Å²) in [5.41, 5.74) is -0.109. The van der Waals surface area contributed by atoms with E-state index in [2.05, 4.69) is 11.4 Å². The molecule has 1 N–H and O–H groups in total. The van der Waals surface area contributed by atoms with Crippen LogP contribution in [0, 0.1) is 22.7 Å². The summed E-state index contributed by atoms with van der Waals surface area (Å²) in [7, 11) is 0. The molecule has 128 valence electrons. The second kappa shape index (κ2) is 7.70. The van der Waals surface area contributed by atoms with Crippen molar-refractivity contribution in [3.8, 4) is 11.8 Å². The van der Waals surface area contributed by atoms with E-state index < -0.39 is 5.41 Å². The Hall–Kier alpha value is -2.02. The van der Waals surface area contributed by atoms with Crippen LogP contribution in [0.5, 0.6) is 5.75 Å². The van der Waals surface area contributed by atoms with Gasteiger partial charge in [-0.05, 0) is 55.9 Å². The molecular weight excluding hydrogens is 300 g/mol. The van der Waals surface area contributed by atoms with Gasteiger partial charge in [-0.25, -0.2) is 0 Å². The SMILES string of the molecule is N#CC1(C(=O)Nc2ccc(OCC3CCCCC3)cc2)CCCC1. The molecule has 0 aromatic heterocycles. The molecule has 2 aliphatic rings. The molecule has 2 fully saturated rings. The van der Waals surface area contributed by atoms with E-state index in [0.29, 0.717) is 18.8 Å². The average Bonchev–Trinajstić information content (AvgIpc) is 3.12. The van der Waals surface area contributed by atoms with E-state index in [9.17, 15) is 10.1 Å². The third kappa shape index (κ3) is 3.90. The van der Waals surface area contributed by atoms with E-state index in [-0.39, 0.29) is 5.91 Å². The lowest BCUT2D eigenvalue weighted by atomic mass is 9.87. The van der Waals surface area contributed by atoms with Gasteiger partial charge in [-0.2, -0.15) is 5.26 Å². The third-order valence-electron chi connectivity index (χ3n) is 5.43. The Morgan fingerprint density at radius 3 is 2.42 bits per heavy atom. The maximum atomic E-state index is 12.4. The lowest BCUT2D eigenvalue weighted by Crippen LogP contribution is -2.32. The number of ether oxygens (including phenoxy) is 1. The minimum absolute atomic E-state index is 0.168. The summed E-state index contributed by atoms with van der Waals surface area (Å²) in [6.07, 6.45) is 9.77. The molecule has 24 heavy (non-hydrogen) atoms. The number of anilines is 1. The molecule has 3 rings (SSSR count). The highest BCUT2D eigenvalue weighted by atomic mass is 16.5. The van der Waals surface area contributed by atoms with Crippen LogP contribution in [-0.2, 0) is 4.79 Å². The van der Waals surface area contributed by atoms with Crippen LogP contribution in [0.4, 0.5) is 5.69 Å². The number of hydrogen-bond acceptors (Lipinski definition) is 3. The van der Waals surface area contributed by atoms with E-state index in [0.717, 1.165) is 30.9 Å². The van der Waals surface area contributed by atoms with Crippen LogP contribution in [0.15, 0.2) is 24.3 Å². The predicted molar refractivity (Wildman–Crippen MR) is 93.7 cm³/mol. The van der Waals surface area contributed by atoms with Crippen molar-refractivity contribution in [1.29, 1.82) is 5.26 Å². The first-order valence-corrected chi connectivity index (χ1v) is 9.17. The van der Waals surface area contributed by atoms with Crippen LogP contribution in [0.3, 0.4) is 0 Å². The van der Waals surface area contributed by atoms with Crippen LogP contribution in [-0.4, -0.2) is 12.5 Å². The summed E-state index contributed by atoms with van der Waals surface area (Å²) < 4.78 is 5.88. The molecule has 4 heteroatoms. The maximum Gasteiger partial charge on any atom is 0.244 e. The van der Waals surface area contributed by atoms with Gasteiger partial charge in [-0.15, -0.1) is 0 Å². The van der Waals surface area contributed by atoms with Crippen molar-refractivity contribution < 1.29 is 9.53 Å². The van der Waals surface area contributed by atoms with Gasteiger partial charge in [-0.3, -0.25) is 4.79 Å². The number of carbonyl (C=O) groups is 1. The van der Waals surface area contributed by atoms with Crippen molar-refractivity contribution in [2.24, 2.45) is 11.3 Å². The molecule has 0 unspecified atom stereocenters. The first-order chi connectivity index (χ1) is 11.7. The second-order valence-electron chi connectivity index (χ2n) is 7.19. The minimum atomic E-state index is -0.837. The van der Waals surface area contributed by atoms with Crippen LogP contribution < -0.4 is 10.1 Å². The predicted octanol–water partition coefficient (Wildman–Crippen LogP) is 4.67. The molecule has 1 aromatic carbocycles. The number of nitrogens with one attached hydrogen (secondary N) is 1. The van der Waals surface area contributed by atoms with E-state index in [4.69, 9.17) is 4.74 Å². The number of amides is 1. The smallest absolute Gasteiger partial charge is 0.244 e. The van der Waals surface area contributed by atoms with Crippen LogP contribution in [0.2, 0.25) is 0 Å². The molecule has 0 saturated heterocycles. The van der Waals surface area contributed by atoms with Crippen LogP contribution in [0.25, 0.3) is 0 Å². The largest absolute Gasteiger partial charge is 0.493 e. The zero-order valence-corrected chi connectivity index (χ0v) is 14.2. The van der Waals surface area contributed by atoms with E-state index in [1.807, 2.05) is 24.3 Å². The molecule has 0 bridgehead atoms. The Balaban J connectivity index is 1.52. The molecule has 0 spiro atoms. The van der Waals surface area contributed by atoms with Gasteiger partial charge in [0.25, 0.3) is 0 Å². The average molecular weight is 326 g/mol. The van der Waals surface area contributed by atoms with Gasteiger partial charge in [-0.1, -0.05) is 32.1 Å². The number of hydrogen-bond donors (Lipinski definition) is 1. The van der Waals surface area contributed by atoms with Crippen LogP contribution >= 0.6 is 0 Å². The normalized spacial score (nSPS) is 20.3. The van der Waals surface area contributed by atoms with Crippen molar-refractivity contribution in [2.45, 2.75) is 57.8 Å². The highest BCUT2D eigenvalue weighted by Gasteiger charge is 2.41. The number of benzene rings is 1. The number of nitrogens with zero attached hydrogens (tertiary/aromatic N) is 1. The fourth-order valence-electron chi connectivity index (χ4n) is 3.82. The van der Waals surface area contributed by atoms with Gasteiger partial charge < -0.3 is 10.1 Å². The Bertz CT molecular complexity index is 591. The third-order valence-corrected chi connectivity index (χ3v) is 5.43. The molecule has 1 amide bonds. The van der Waals surface area contributed by atoms with Gasteiger partial charge >= 0.3 is 0 Å². The first kappa shape index (κ1) is 16.8. The van der Waals surface area contributed by atoms with Gasteiger partial charge in [0.2, 0.25) is 5.91 Å². The summed E-state index contributed by atoms with van der Waals surface area (Å²) in [6.45, 7) is 0.781. The molecular formula is C20H26N2O2. The standard InChI is InChI=1S/C20H26N2O2/c21-15-20(12-4-5-13-20)19(23)22-17-8-10-18(11-9-17)24-14-16-6-2-1-3-7-16/h8-11,16H,1-7,12-14H2,(H,22,23). The van der Waals surface area contributed by atoms with Gasteiger partial charge in [0.1, 0.15) is 11.2 Å². The van der Waals surface area contributed by atoms with Gasteiger partial charge in [0.05, 0.1) is 12.7 Å². The topological polar surface area (TPSA) is 62.1 Å². The summed E-state index contributed by atoms with van der Waals surface area (Å²) >= 11 is 0. The fourth-order valence-corrected chi connectivity index (χ4v) is 3.82. The molecule has 2 aliphatic carbocycles. The Kier molecular flexibility index (Phi) is 5.40. The molecule has 4 nitrogen and oxygen atoms in total. The van der Waals surface area contributed by atoms with Crippen molar-refractivity contribution in [1.82, 2.24) is 0 Å². The molecule has 0 aliphatic heterocycles. The summed E-state index contributed by atoms with van der Waals surface area (Å²) in [6, 6.07) is 9.73. The van der Waals surface area contributed by atoms with Crippen molar-refractivity contribution in [3.63, 3.8) is 0 Å². The zero-order valence-electron chi connectivity index (χ0n) is 14.2. The summed E-state index contributed by atoms with van der Waals surface area (Å²) in [5.74, 6) is 1.35. The highest BCUT2D eigenvalue weighted by molar-refractivity contribution is 5.97. The number of nitriles is 1. The van der Waals surface area contributed by atoms with Crippen molar-refractivity contribution >= 4 is 11.6 Å². The monoisotopic (exact) mass is 326 g/mol. The molecule has 0 atom stereocenters. The summed E-state index contributed by atoms with van der Waals surface area (Å²) in [4.78, 5) is 12.4. The molecule has 1 aromatic rings. The first-order valence-electron chi connectivity index (χ1n) is 9.17. The molecule has 2 saturated carbocycles. The molecule has 0 radical (unpaired) electrons. The number of carbonyl (C=O) groups excluding carboxylic acids is 1. The van der Waals surface area contributed by atoms with E-state index in [1.165, 1.54) is 32.1 Å². The van der Waals surface area contributed by atoms with Crippen molar-refractivity contribution in [2.75, 3.05) is 11.9 Å². The summed E-state index contributed by atoms with van der Waals surface area (Å²) in [5, 5.41) is 12.3. The Labute approximate surface area is 144 Å². The van der Waals surface area contributed by atoms with Crippen LogP contribution in [0.1, 0.15) is 57.8 Å². The number of rotatable bonds is 5. The van der Waals surface area contributed by atoms with E-state index in [1.54, 1.807) is 0 Å².